The minimum Gasteiger partial charge on any atom is -0.0683 e. The predicted octanol–water partition coefficient (Wildman–Crippen LogP) is 3.59. The van der Waals surface area contributed by atoms with E-state index in [1.54, 1.807) is 0 Å². The van der Waals surface area contributed by atoms with Crippen LogP contribution in [0.2, 0.25) is 0 Å². The molecule has 0 N–H and O–H groups in total. The van der Waals surface area contributed by atoms with E-state index in [9.17, 15) is 0 Å². The Hall–Kier alpha value is -0.780. The van der Waals surface area contributed by atoms with Crippen LogP contribution in [0.5, 0.6) is 0 Å². The Kier molecular flexibility index (Phi) is 5.54. The van der Waals surface area contributed by atoms with Gasteiger partial charge in [-0.15, -0.1) is 0 Å². The lowest BCUT2D eigenvalue weighted by Crippen LogP contribution is -1.80. The molecule has 0 unspecified atom stereocenters. The van der Waals surface area contributed by atoms with Crippen molar-refractivity contribution >= 4 is 0 Å². The second-order valence-corrected chi connectivity index (χ2v) is 2.15. The van der Waals surface area contributed by atoms with Gasteiger partial charge in [0.05, 0.1) is 0 Å². The van der Waals surface area contributed by atoms with E-state index in [1.807, 2.05) is 13.8 Å². The van der Waals surface area contributed by atoms with Gasteiger partial charge >= 0.3 is 0 Å². The molecule has 1 aromatic rings. The van der Waals surface area contributed by atoms with Gasteiger partial charge in [-0.05, 0) is 24.5 Å². The van der Waals surface area contributed by atoms with Crippen LogP contribution in [0.4, 0.5) is 0 Å². The van der Waals surface area contributed by atoms with Crippen molar-refractivity contribution in [2.24, 2.45) is 0 Å². The van der Waals surface area contributed by atoms with Crippen LogP contribution in [-0.4, -0.2) is 0 Å². The predicted molar refractivity (Wildman–Crippen MR) is 51.6 cm³/mol. The van der Waals surface area contributed by atoms with Gasteiger partial charge in [-0.1, -0.05) is 45.0 Å². The summed E-state index contributed by atoms with van der Waals surface area (Å²) in [5, 5.41) is 0. The van der Waals surface area contributed by atoms with Gasteiger partial charge in [0.25, 0.3) is 0 Å². The smallest absolute Gasteiger partial charge is 0.0121 e. The molecule has 0 heteroatoms. The zero-order chi connectivity index (χ0) is 8.69. The van der Waals surface area contributed by atoms with Crippen molar-refractivity contribution in [3.8, 4) is 0 Å². The first kappa shape index (κ1) is 10.2. The molecule has 0 saturated carbocycles. The van der Waals surface area contributed by atoms with Gasteiger partial charge in [0.2, 0.25) is 0 Å². The van der Waals surface area contributed by atoms with E-state index in [-0.39, 0.29) is 0 Å². The molecule has 0 fully saturated rings. The lowest BCUT2D eigenvalue weighted by molar-refractivity contribution is 1.33. The number of hydrogen-bond acceptors (Lipinski definition) is 0. The molecule has 0 heterocycles. The van der Waals surface area contributed by atoms with Gasteiger partial charge in [0.1, 0.15) is 0 Å². The summed E-state index contributed by atoms with van der Waals surface area (Å²) in [6.07, 6.45) is 2.12. The van der Waals surface area contributed by atoms with E-state index < -0.39 is 0 Å². The molecule has 1 radical (unpaired) electrons. The van der Waals surface area contributed by atoms with E-state index in [0.717, 1.165) is 0 Å². The maximum Gasteiger partial charge on any atom is -0.0121 e. The molecule has 0 amide bonds. The third kappa shape index (κ3) is 3.22. The normalized spacial score (nSPS) is 8.36. The molecule has 0 saturated heterocycles. The first-order chi connectivity index (χ1) is 5.34. The average molecular weight is 149 g/mol. The molecule has 61 valence electrons. The fourth-order valence-corrected chi connectivity index (χ4v) is 0.911. The third-order valence-electron chi connectivity index (χ3n) is 1.50. The van der Waals surface area contributed by atoms with Crippen molar-refractivity contribution in [2.75, 3.05) is 0 Å². The molecule has 0 aliphatic carbocycles. The lowest BCUT2D eigenvalue weighted by Gasteiger charge is -1.98. The Bertz CT molecular complexity index is 189. The highest BCUT2D eigenvalue weighted by Gasteiger charge is 1.89. The van der Waals surface area contributed by atoms with Crippen molar-refractivity contribution < 1.29 is 0 Å². The highest BCUT2D eigenvalue weighted by molar-refractivity contribution is 5.30. The number of aryl methyl sites for hydroxylation is 1. The topological polar surface area (TPSA) is 0 Å². The molecule has 11 heavy (non-hydrogen) atoms. The van der Waals surface area contributed by atoms with Crippen LogP contribution in [0.3, 0.4) is 0 Å². The Balaban J connectivity index is 0.000000461. The molecule has 0 aromatic heterocycles. The van der Waals surface area contributed by atoms with Gasteiger partial charge in [0, 0.05) is 0 Å². The van der Waals surface area contributed by atoms with Crippen LogP contribution < -0.4 is 0 Å². The minimum atomic E-state index is 1.33. The second-order valence-electron chi connectivity index (χ2n) is 2.15. The van der Waals surface area contributed by atoms with Gasteiger partial charge in [-0.2, -0.15) is 0 Å². The largest absolute Gasteiger partial charge is 0.0683 e. The van der Waals surface area contributed by atoms with E-state index in [0.29, 0.717) is 0 Å². The van der Waals surface area contributed by atoms with E-state index in [2.05, 4.69) is 44.5 Å². The Morgan fingerprint density at radius 3 is 2.00 bits per heavy atom. The molecule has 0 aliphatic heterocycles. The summed E-state index contributed by atoms with van der Waals surface area (Å²) in [5.74, 6) is 0. The Morgan fingerprint density at radius 1 is 1.09 bits per heavy atom. The lowest BCUT2D eigenvalue weighted by atomic mass is 10.1. The van der Waals surface area contributed by atoms with Crippen LogP contribution in [0.25, 0.3) is 0 Å². The monoisotopic (exact) mass is 149 g/mol. The first-order valence-corrected chi connectivity index (χ1v) is 4.19. The number of hydrogen-bond donors (Lipinski definition) is 0. The average Bonchev–Trinajstić information content (AvgIpc) is 2.09. The molecular weight excluding hydrogens is 132 g/mol. The van der Waals surface area contributed by atoms with Crippen molar-refractivity contribution in [1.82, 2.24) is 0 Å². The first-order valence-electron chi connectivity index (χ1n) is 4.19. The van der Waals surface area contributed by atoms with E-state index in [1.165, 1.54) is 11.1 Å². The summed E-state index contributed by atoms with van der Waals surface area (Å²) in [6.45, 7) is 8.18. The molecular formula is C11H17. The molecule has 0 nitrogen and oxygen atoms in total. The molecule has 0 bridgehead atoms. The van der Waals surface area contributed by atoms with Crippen LogP contribution in [-0.2, 0) is 0 Å². The summed E-state index contributed by atoms with van der Waals surface area (Å²) in [7, 11) is 0. The standard InChI is InChI=1S/C9H11.C2H6/c1-3-9-7-5-4-6-8(9)2;1-2/h3-7H,1-2H3;1-2H3. The summed E-state index contributed by atoms with van der Waals surface area (Å²) in [4.78, 5) is 0. The maximum absolute atomic E-state index is 2.12. The molecule has 1 rings (SSSR count). The number of rotatable bonds is 1. The quantitative estimate of drug-likeness (QED) is 0.572. The van der Waals surface area contributed by atoms with E-state index >= 15 is 0 Å². The van der Waals surface area contributed by atoms with Gasteiger partial charge in [-0.25, -0.2) is 0 Å². The van der Waals surface area contributed by atoms with Crippen molar-refractivity contribution in [1.29, 1.82) is 0 Å². The molecule has 1 aromatic carbocycles. The highest BCUT2D eigenvalue weighted by atomic mass is 13.9. The van der Waals surface area contributed by atoms with Gasteiger partial charge < -0.3 is 0 Å². The van der Waals surface area contributed by atoms with Crippen LogP contribution >= 0.6 is 0 Å². The summed E-state index contributed by atoms with van der Waals surface area (Å²) >= 11 is 0. The van der Waals surface area contributed by atoms with E-state index in [4.69, 9.17) is 0 Å². The summed E-state index contributed by atoms with van der Waals surface area (Å²) in [6, 6.07) is 8.36. The minimum absolute atomic E-state index is 1.33. The Labute approximate surface area is 70.3 Å². The fraction of sp³-hybridized carbons (Fsp3) is 0.364. The van der Waals surface area contributed by atoms with Crippen molar-refractivity contribution in [3.63, 3.8) is 0 Å². The van der Waals surface area contributed by atoms with Crippen molar-refractivity contribution in [3.05, 3.63) is 41.8 Å². The van der Waals surface area contributed by atoms with Crippen LogP contribution in [0.15, 0.2) is 24.3 Å². The SMILES string of the molecule is CC.C[CH]c1ccccc1C. The molecule has 0 atom stereocenters. The van der Waals surface area contributed by atoms with Crippen molar-refractivity contribution in [2.45, 2.75) is 27.7 Å². The van der Waals surface area contributed by atoms with Gasteiger partial charge in [-0.3, -0.25) is 0 Å². The second kappa shape index (κ2) is 5.96. The highest BCUT2D eigenvalue weighted by Crippen LogP contribution is 2.07. The third-order valence-corrected chi connectivity index (χ3v) is 1.50. The summed E-state index contributed by atoms with van der Waals surface area (Å²) in [5.41, 5.74) is 2.68. The Morgan fingerprint density at radius 2 is 1.64 bits per heavy atom. The number of benzene rings is 1. The fourth-order valence-electron chi connectivity index (χ4n) is 0.911. The maximum atomic E-state index is 2.12. The van der Waals surface area contributed by atoms with Gasteiger partial charge in [0.15, 0.2) is 0 Å². The molecule has 0 spiro atoms. The summed E-state index contributed by atoms with van der Waals surface area (Å²) < 4.78 is 0. The van der Waals surface area contributed by atoms with Crippen LogP contribution in [0.1, 0.15) is 31.9 Å². The zero-order valence-corrected chi connectivity index (χ0v) is 7.89. The molecule has 0 aliphatic rings. The van der Waals surface area contributed by atoms with Crippen LogP contribution in [0, 0.1) is 13.3 Å². The zero-order valence-electron chi connectivity index (χ0n) is 7.89.